The standard InChI is InChI=1S/C20H19FN4O3S2/c1-2-29-20-22-15-7-8-30-17(15)19(28)25(20)23-18(27)13-9-16(26)24(11-13)10-12-3-5-14(21)6-4-12/h3-8,13H,2,9-11H2,1H3,(H,23,27). The number of rotatable bonds is 6. The van der Waals surface area contributed by atoms with E-state index in [0.29, 0.717) is 27.7 Å². The van der Waals surface area contributed by atoms with Gasteiger partial charge in [0.2, 0.25) is 11.8 Å². The molecule has 156 valence electrons. The molecule has 0 spiro atoms. The number of nitrogens with one attached hydrogen (secondary N) is 1. The van der Waals surface area contributed by atoms with Crippen LogP contribution < -0.4 is 11.0 Å². The van der Waals surface area contributed by atoms with Gasteiger partial charge in [-0.2, -0.15) is 4.68 Å². The third kappa shape index (κ3) is 4.10. The molecule has 30 heavy (non-hydrogen) atoms. The lowest BCUT2D eigenvalue weighted by Gasteiger charge is -2.17. The van der Waals surface area contributed by atoms with Gasteiger partial charge in [0.25, 0.3) is 5.56 Å². The molecule has 2 amide bonds. The van der Waals surface area contributed by atoms with E-state index in [1.165, 1.54) is 39.9 Å². The number of nitrogens with zero attached hydrogens (tertiary/aromatic N) is 3. The second-order valence-electron chi connectivity index (χ2n) is 6.88. The Balaban J connectivity index is 1.51. The molecule has 10 heteroatoms. The van der Waals surface area contributed by atoms with Gasteiger partial charge in [0, 0.05) is 19.5 Å². The number of thiophene rings is 1. The zero-order valence-corrected chi connectivity index (χ0v) is 17.8. The van der Waals surface area contributed by atoms with Gasteiger partial charge < -0.3 is 4.90 Å². The number of hydrogen-bond donors (Lipinski definition) is 1. The van der Waals surface area contributed by atoms with Gasteiger partial charge in [-0.25, -0.2) is 9.37 Å². The number of carbonyl (C=O) groups excluding carboxylic acids is 2. The van der Waals surface area contributed by atoms with E-state index >= 15 is 0 Å². The predicted octanol–water partition coefficient (Wildman–Crippen LogP) is 2.83. The minimum atomic E-state index is -0.580. The SMILES string of the molecule is CCSc1nc2ccsc2c(=O)n1NC(=O)C1CC(=O)N(Cc2ccc(F)cc2)C1. The van der Waals surface area contributed by atoms with Crippen LogP contribution in [0.1, 0.15) is 18.9 Å². The third-order valence-corrected chi connectivity index (χ3v) is 6.53. The topological polar surface area (TPSA) is 84.3 Å². The van der Waals surface area contributed by atoms with Crippen LogP contribution in [0.25, 0.3) is 10.2 Å². The van der Waals surface area contributed by atoms with Crippen molar-refractivity contribution >= 4 is 45.1 Å². The summed E-state index contributed by atoms with van der Waals surface area (Å²) in [6.45, 7) is 2.48. The highest BCUT2D eigenvalue weighted by molar-refractivity contribution is 7.99. The van der Waals surface area contributed by atoms with Gasteiger partial charge in [-0.15, -0.1) is 11.3 Å². The fourth-order valence-corrected chi connectivity index (χ4v) is 4.77. The van der Waals surface area contributed by atoms with Crippen molar-refractivity contribution < 1.29 is 14.0 Å². The van der Waals surface area contributed by atoms with E-state index in [0.717, 1.165) is 5.56 Å². The van der Waals surface area contributed by atoms with Crippen LogP contribution in [0.15, 0.2) is 45.7 Å². The van der Waals surface area contributed by atoms with E-state index in [-0.39, 0.29) is 30.2 Å². The van der Waals surface area contributed by atoms with Gasteiger partial charge in [-0.05, 0) is 34.9 Å². The summed E-state index contributed by atoms with van der Waals surface area (Å²) in [4.78, 5) is 44.1. The first kappa shape index (κ1) is 20.5. The quantitative estimate of drug-likeness (QED) is 0.465. The Kier molecular flexibility index (Phi) is 5.87. The summed E-state index contributed by atoms with van der Waals surface area (Å²) in [5, 5.41) is 2.20. The van der Waals surface area contributed by atoms with Crippen LogP contribution in [0, 0.1) is 11.7 Å². The Bertz CT molecular complexity index is 1160. The summed E-state index contributed by atoms with van der Waals surface area (Å²) in [6, 6.07) is 7.69. The molecule has 0 saturated carbocycles. The molecule has 1 N–H and O–H groups in total. The average molecular weight is 447 g/mol. The van der Waals surface area contributed by atoms with Gasteiger partial charge in [-0.1, -0.05) is 30.8 Å². The molecule has 1 saturated heterocycles. The molecular weight excluding hydrogens is 427 g/mol. The summed E-state index contributed by atoms with van der Waals surface area (Å²) >= 11 is 2.63. The molecule has 1 atom stereocenters. The van der Waals surface area contributed by atoms with Crippen molar-refractivity contribution in [1.29, 1.82) is 0 Å². The minimum Gasteiger partial charge on any atom is -0.338 e. The van der Waals surface area contributed by atoms with Crippen molar-refractivity contribution in [3.63, 3.8) is 0 Å². The summed E-state index contributed by atoms with van der Waals surface area (Å²) in [6.07, 6.45) is 0.0622. The average Bonchev–Trinajstić information content (AvgIpc) is 3.34. The Hall–Kier alpha value is -2.72. The normalized spacial score (nSPS) is 16.4. The van der Waals surface area contributed by atoms with Crippen LogP contribution >= 0.6 is 23.1 Å². The summed E-state index contributed by atoms with van der Waals surface area (Å²) in [7, 11) is 0. The first-order valence-electron chi connectivity index (χ1n) is 9.42. The Morgan fingerprint density at radius 3 is 2.80 bits per heavy atom. The minimum absolute atomic E-state index is 0.0622. The maximum absolute atomic E-state index is 13.1. The molecule has 0 radical (unpaired) electrons. The number of likely N-dealkylation sites (tertiary alicyclic amines) is 1. The largest absolute Gasteiger partial charge is 0.338 e. The van der Waals surface area contributed by atoms with E-state index in [1.54, 1.807) is 28.5 Å². The molecule has 0 aliphatic carbocycles. The zero-order chi connectivity index (χ0) is 21.3. The lowest BCUT2D eigenvalue weighted by atomic mass is 10.1. The van der Waals surface area contributed by atoms with Crippen molar-refractivity contribution in [3.05, 3.63) is 57.4 Å². The van der Waals surface area contributed by atoms with Crippen LogP contribution in [0.3, 0.4) is 0 Å². The number of halogens is 1. The third-order valence-electron chi connectivity index (χ3n) is 4.82. The van der Waals surface area contributed by atoms with Gasteiger partial charge in [-0.3, -0.25) is 19.8 Å². The highest BCUT2D eigenvalue weighted by Gasteiger charge is 2.35. The van der Waals surface area contributed by atoms with Gasteiger partial charge >= 0.3 is 0 Å². The number of fused-ring (bicyclic) bond motifs is 1. The molecule has 1 fully saturated rings. The first-order valence-corrected chi connectivity index (χ1v) is 11.3. The Morgan fingerprint density at radius 2 is 2.07 bits per heavy atom. The lowest BCUT2D eigenvalue weighted by Crippen LogP contribution is -2.38. The van der Waals surface area contributed by atoms with E-state index in [9.17, 15) is 18.8 Å². The monoisotopic (exact) mass is 446 g/mol. The summed E-state index contributed by atoms with van der Waals surface area (Å²) in [5.41, 5.74) is 3.73. The second kappa shape index (κ2) is 8.57. The van der Waals surface area contributed by atoms with Gasteiger partial charge in [0.1, 0.15) is 10.5 Å². The smallest absolute Gasteiger partial charge is 0.291 e. The van der Waals surface area contributed by atoms with Crippen LogP contribution in [0.5, 0.6) is 0 Å². The maximum atomic E-state index is 13.1. The molecule has 3 aromatic rings. The number of amides is 2. The molecule has 1 unspecified atom stereocenters. The van der Waals surface area contributed by atoms with Gasteiger partial charge in [0.05, 0.1) is 11.4 Å². The van der Waals surface area contributed by atoms with E-state index in [1.807, 2.05) is 6.92 Å². The van der Waals surface area contributed by atoms with Crippen LogP contribution in [0.4, 0.5) is 4.39 Å². The number of thioether (sulfide) groups is 1. The summed E-state index contributed by atoms with van der Waals surface area (Å²) in [5.74, 6) is -0.787. The maximum Gasteiger partial charge on any atom is 0.291 e. The fraction of sp³-hybridized carbons (Fsp3) is 0.300. The number of hydrogen-bond acceptors (Lipinski definition) is 6. The van der Waals surface area contributed by atoms with Crippen molar-refractivity contribution in [3.8, 4) is 0 Å². The predicted molar refractivity (Wildman–Crippen MR) is 115 cm³/mol. The number of carbonyl (C=O) groups is 2. The zero-order valence-electron chi connectivity index (χ0n) is 16.1. The molecule has 3 heterocycles. The lowest BCUT2D eigenvalue weighted by molar-refractivity contribution is -0.128. The van der Waals surface area contributed by atoms with Crippen molar-refractivity contribution in [2.75, 3.05) is 17.7 Å². The molecule has 0 bridgehead atoms. The molecule has 1 aliphatic rings. The Morgan fingerprint density at radius 1 is 1.30 bits per heavy atom. The number of benzene rings is 1. The van der Waals surface area contributed by atoms with Crippen LogP contribution in [0.2, 0.25) is 0 Å². The first-order chi connectivity index (χ1) is 14.5. The number of aromatic nitrogens is 2. The molecule has 1 aromatic carbocycles. The van der Waals surface area contributed by atoms with Gasteiger partial charge in [0.15, 0.2) is 5.16 Å². The molecule has 7 nitrogen and oxygen atoms in total. The van der Waals surface area contributed by atoms with Crippen molar-refractivity contribution in [1.82, 2.24) is 14.6 Å². The van der Waals surface area contributed by atoms with E-state index in [2.05, 4.69) is 10.4 Å². The fourth-order valence-electron chi connectivity index (χ4n) is 3.33. The van der Waals surface area contributed by atoms with Crippen molar-refractivity contribution in [2.24, 2.45) is 5.92 Å². The highest BCUT2D eigenvalue weighted by atomic mass is 32.2. The molecule has 4 rings (SSSR count). The van der Waals surface area contributed by atoms with Crippen molar-refractivity contribution in [2.45, 2.75) is 25.0 Å². The Labute approximate surface area is 179 Å². The van der Waals surface area contributed by atoms with Crippen LogP contribution in [-0.4, -0.2) is 38.7 Å². The molecule has 2 aromatic heterocycles. The van der Waals surface area contributed by atoms with E-state index in [4.69, 9.17) is 0 Å². The van der Waals surface area contributed by atoms with Crippen LogP contribution in [-0.2, 0) is 16.1 Å². The summed E-state index contributed by atoms with van der Waals surface area (Å²) < 4.78 is 14.7. The highest BCUT2D eigenvalue weighted by Crippen LogP contribution is 2.23. The second-order valence-corrected chi connectivity index (χ2v) is 9.03. The molecular formula is C20H19FN4O3S2. The van der Waals surface area contributed by atoms with E-state index < -0.39 is 11.8 Å². The molecule has 1 aliphatic heterocycles.